The van der Waals surface area contributed by atoms with Crippen LogP contribution in [0.2, 0.25) is 0 Å². The van der Waals surface area contributed by atoms with Gasteiger partial charge in [0.2, 0.25) is 0 Å². The van der Waals surface area contributed by atoms with E-state index in [-0.39, 0.29) is 12.6 Å². The number of carbonyl (C=O) groups is 1. The lowest BCUT2D eigenvalue weighted by atomic mass is 10.0. The fourth-order valence-corrected chi connectivity index (χ4v) is 3.72. The number of ether oxygens (including phenoxy) is 3. The Labute approximate surface area is 178 Å². The van der Waals surface area contributed by atoms with Crippen molar-refractivity contribution in [3.63, 3.8) is 0 Å². The van der Waals surface area contributed by atoms with E-state index in [1.807, 2.05) is 45.0 Å². The van der Waals surface area contributed by atoms with Crippen molar-refractivity contribution in [3.05, 3.63) is 24.3 Å². The molecule has 1 aromatic rings. The largest absolute Gasteiger partial charge is 0.486 e. The molecule has 1 saturated heterocycles. The molecule has 168 valence electrons. The molecule has 0 saturated carbocycles. The van der Waals surface area contributed by atoms with Gasteiger partial charge in [0.1, 0.15) is 18.3 Å². The number of carbonyl (C=O) groups excluding carboxylic acids is 1. The molecule has 1 amide bonds. The van der Waals surface area contributed by atoms with Crippen LogP contribution in [0, 0.1) is 0 Å². The van der Waals surface area contributed by atoms with Gasteiger partial charge in [0.25, 0.3) is 0 Å². The molecule has 3 rings (SSSR count). The van der Waals surface area contributed by atoms with Gasteiger partial charge in [-0.2, -0.15) is 0 Å². The maximum absolute atomic E-state index is 11.7. The Morgan fingerprint density at radius 3 is 2.83 bits per heavy atom. The fourth-order valence-electron chi connectivity index (χ4n) is 3.72. The number of rotatable bonds is 7. The highest BCUT2D eigenvalue weighted by atomic mass is 16.6. The normalized spacial score (nSPS) is 22.9. The quantitative estimate of drug-likeness (QED) is 0.618. The third-order valence-electron chi connectivity index (χ3n) is 5.06. The predicted molar refractivity (Wildman–Crippen MR) is 114 cm³/mol. The lowest BCUT2D eigenvalue weighted by Gasteiger charge is -2.36. The van der Waals surface area contributed by atoms with Crippen LogP contribution >= 0.6 is 0 Å². The molecule has 30 heavy (non-hydrogen) atoms. The number of nitrogens with zero attached hydrogens (tertiary/aromatic N) is 1. The Kier molecular flexibility index (Phi) is 7.80. The molecular weight excluding hydrogens is 386 g/mol. The van der Waals surface area contributed by atoms with Crippen molar-refractivity contribution >= 4 is 6.09 Å². The van der Waals surface area contributed by atoms with Crippen molar-refractivity contribution < 1.29 is 24.1 Å². The first kappa shape index (κ1) is 22.7. The van der Waals surface area contributed by atoms with Crippen molar-refractivity contribution in [3.8, 4) is 11.5 Å². The number of piperidine rings is 1. The average molecular weight is 422 g/mol. The first-order valence-corrected chi connectivity index (χ1v) is 10.8. The van der Waals surface area contributed by atoms with E-state index in [1.165, 1.54) is 0 Å². The van der Waals surface area contributed by atoms with Crippen LogP contribution in [-0.4, -0.2) is 79.3 Å². The summed E-state index contributed by atoms with van der Waals surface area (Å²) in [6.45, 7) is 9.30. The van der Waals surface area contributed by atoms with Gasteiger partial charge in [-0.05, 0) is 52.3 Å². The Bertz CT molecular complexity index is 694. The molecule has 8 heteroatoms. The summed E-state index contributed by atoms with van der Waals surface area (Å²) >= 11 is 0. The summed E-state index contributed by atoms with van der Waals surface area (Å²) in [5.41, 5.74) is -0.548. The molecule has 1 unspecified atom stereocenters. The first-order chi connectivity index (χ1) is 14.3. The van der Waals surface area contributed by atoms with Crippen molar-refractivity contribution in [1.82, 2.24) is 15.5 Å². The zero-order chi connectivity index (χ0) is 21.6. The zero-order valence-corrected chi connectivity index (χ0v) is 18.2. The summed E-state index contributed by atoms with van der Waals surface area (Å²) in [7, 11) is 0. The van der Waals surface area contributed by atoms with E-state index >= 15 is 0 Å². The molecule has 1 fully saturated rings. The van der Waals surface area contributed by atoms with Gasteiger partial charge in [0.05, 0.1) is 6.10 Å². The van der Waals surface area contributed by atoms with Crippen LogP contribution in [0.1, 0.15) is 33.6 Å². The smallest absolute Gasteiger partial charge is 0.407 e. The SMILES string of the molecule is CC(C)(C)OC(=O)NCC(O)CN[C@H]1CCCN(C[C@H]2COc3ccccc3O2)C1. The maximum atomic E-state index is 11.7. The van der Waals surface area contributed by atoms with Crippen LogP contribution in [0.25, 0.3) is 0 Å². The molecule has 3 atom stereocenters. The van der Waals surface area contributed by atoms with E-state index in [1.54, 1.807) is 0 Å². The van der Waals surface area contributed by atoms with Crippen LogP contribution in [0.3, 0.4) is 0 Å². The highest BCUT2D eigenvalue weighted by Gasteiger charge is 2.27. The molecule has 8 nitrogen and oxygen atoms in total. The lowest BCUT2D eigenvalue weighted by molar-refractivity contribution is 0.0456. The average Bonchev–Trinajstić information content (AvgIpc) is 2.70. The maximum Gasteiger partial charge on any atom is 0.407 e. The Morgan fingerprint density at radius 2 is 2.07 bits per heavy atom. The minimum Gasteiger partial charge on any atom is -0.486 e. The van der Waals surface area contributed by atoms with E-state index < -0.39 is 17.8 Å². The number of fused-ring (bicyclic) bond motifs is 1. The second kappa shape index (κ2) is 10.3. The number of benzene rings is 1. The van der Waals surface area contributed by atoms with Crippen molar-refractivity contribution in [1.29, 1.82) is 0 Å². The number of aliphatic hydroxyl groups excluding tert-OH is 1. The number of hydrogen-bond acceptors (Lipinski definition) is 7. The van der Waals surface area contributed by atoms with Gasteiger partial charge in [-0.3, -0.25) is 4.90 Å². The van der Waals surface area contributed by atoms with E-state index in [4.69, 9.17) is 14.2 Å². The van der Waals surface area contributed by atoms with Crippen LogP contribution in [-0.2, 0) is 4.74 Å². The van der Waals surface area contributed by atoms with E-state index in [2.05, 4.69) is 15.5 Å². The summed E-state index contributed by atoms with van der Waals surface area (Å²) in [5.74, 6) is 1.61. The van der Waals surface area contributed by atoms with E-state index in [0.717, 1.165) is 44.0 Å². The van der Waals surface area contributed by atoms with Crippen LogP contribution in [0.4, 0.5) is 4.79 Å². The number of hydrogen-bond donors (Lipinski definition) is 3. The molecule has 1 aromatic carbocycles. The highest BCUT2D eigenvalue weighted by Crippen LogP contribution is 2.31. The molecule has 0 radical (unpaired) electrons. The molecule has 2 heterocycles. The molecule has 0 bridgehead atoms. The van der Waals surface area contributed by atoms with Crippen molar-refractivity contribution in [2.24, 2.45) is 0 Å². The third kappa shape index (κ3) is 7.34. The van der Waals surface area contributed by atoms with Gasteiger partial charge < -0.3 is 30.0 Å². The second-order valence-corrected chi connectivity index (χ2v) is 9.04. The molecule has 2 aliphatic heterocycles. The lowest BCUT2D eigenvalue weighted by Crippen LogP contribution is -2.51. The molecular formula is C22H35N3O5. The van der Waals surface area contributed by atoms with Gasteiger partial charge in [-0.15, -0.1) is 0 Å². The standard InChI is InChI=1S/C22H35N3O5/c1-22(2,3)30-21(27)24-12-17(26)11-23-16-7-6-10-25(13-16)14-18-15-28-19-8-4-5-9-20(19)29-18/h4-5,8-9,16-18,23,26H,6-7,10-15H2,1-3H3,(H,24,27)/t16-,17?,18-/m0/s1. The summed E-state index contributed by atoms with van der Waals surface area (Å²) in [6, 6.07) is 8.06. The third-order valence-corrected chi connectivity index (χ3v) is 5.06. The summed E-state index contributed by atoms with van der Waals surface area (Å²) in [5, 5.41) is 16.2. The summed E-state index contributed by atoms with van der Waals surface area (Å²) < 4.78 is 17.1. The topological polar surface area (TPSA) is 92.3 Å². The number of para-hydroxylation sites is 2. The van der Waals surface area contributed by atoms with Gasteiger partial charge >= 0.3 is 6.09 Å². The molecule has 0 aliphatic carbocycles. The van der Waals surface area contributed by atoms with E-state index in [0.29, 0.717) is 19.2 Å². The Morgan fingerprint density at radius 1 is 1.30 bits per heavy atom. The number of amides is 1. The van der Waals surface area contributed by atoms with Gasteiger partial charge in [-0.1, -0.05) is 12.1 Å². The van der Waals surface area contributed by atoms with Crippen LogP contribution in [0.5, 0.6) is 11.5 Å². The van der Waals surface area contributed by atoms with E-state index in [9.17, 15) is 9.90 Å². The van der Waals surface area contributed by atoms with Crippen molar-refractivity contribution in [2.45, 2.75) is 57.5 Å². The van der Waals surface area contributed by atoms with Crippen LogP contribution in [0.15, 0.2) is 24.3 Å². The van der Waals surface area contributed by atoms with Gasteiger partial charge in [0.15, 0.2) is 11.5 Å². The molecule has 0 aromatic heterocycles. The molecule has 2 aliphatic rings. The minimum absolute atomic E-state index is 0.0160. The highest BCUT2D eigenvalue weighted by molar-refractivity contribution is 5.67. The summed E-state index contributed by atoms with van der Waals surface area (Å²) in [6.07, 6.45) is 0.991. The van der Waals surface area contributed by atoms with Crippen molar-refractivity contribution in [2.75, 3.05) is 39.3 Å². The van der Waals surface area contributed by atoms with Gasteiger partial charge in [0, 0.05) is 32.2 Å². The first-order valence-electron chi connectivity index (χ1n) is 10.8. The number of likely N-dealkylation sites (tertiary alicyclic amines) is 1. The molecule has 3 N–H and O–H groups in total. The fraction of sp³-hybridized carbons (Fsp3) is 0.682. The number of alkyl carbamates (subject to hydrolysis) is 1. The Balaban J connectivity index is 1.35. The second-order valence-electron chi connectivity index (χ2n) is 9.04. The minimum atomic E-state index is -0.667. The number of aliphatic hydroxyl groups is 1. The summed E-state index contributed by atoms with van der Waals surface area (Å²) in [4.78, 5) is 14.1. The number of nitrogens with one attached hydrogen (secondary N) is 2. The van der Waals surface area contributed by atoms with Crippen LogP contribution < -0.4 is 20.1 Å². The zero-order valence-electron chi connectivity index (χ0n) is 18.2. The predicted octanol–water partition coefficient (Wildman–Crippen LogP) is 1.77. The Hall–Kier alpha value is -2.03. The molecule has 0 spiro atoms. The van der Waals surface area contributed by atoms with Gasteiger partial charge in [-0.25, -0.2) is 4.79 Å². The monoisotopic (exact) mass is 421 g/mol.